The molecule has 0 unspecified atom stereocenters. The minimum atomic E-state index is -3.12. The Bertz CT molecular complexity index is 897. The van der Waals surface area contributed by atoms with Crippen molar-refractivity contribution in [2.45, 2.75) is 12.8 Å². The minimum Gasteiger partial charge on any atom is -0.337 e. The standard InChI is InChI=1S/C15H17ClFN3O3S/c1-24(22,23)9-10-3-2-6-19(7-10)15(21)13-14(17)20-8-11(16)4-5-12(20)18-13/h4-5,8,10H,2-3,6-7,9H2,1H3/t10-/m0/s1. The average molecular weight is 374 g/mol. The number of sulfone groups is 1. The molecule has 0 saturated carbocycles. The Hall–Kier alpha value is -1.67. The van der Waals surface area contributed by atoms with Crippen molar-refractivity contribution in [1.29, 1.82) is 0 Å². The number of hydrogen-bond donors (Lipinski definition) is 0. The second-order valence-corrected chi connectivity index (χ2v) is 8.80. The lowest BCUT2D eigenvalue weighted by molar-refractivity contribution is 0.0673. The number of fused-ring (bicyclic) bond motifs is 1. The van der Waals surface area contributed by atoms with E-state index in [1.165, 1.54) is 23.4 Å². The maximum absolute atomic E-state index is 14.5. The molecule has 24 heavy (non-hydrogen) atoms. The number of amides is 1. The molecule has 0 N–H and O–H groups in total. The van der Waals surface area contributed by atoms with Crippen molar-refractivity contribution >= 4 is 33.0 Å². The van der Waals surface area contributed by atoms with Gasteiger partial charge in [0.1, 0.15) is 15.5 Å². The number of imidazole rings is 1. The molecular formula is C15H17ClFN3O3S. The lowest BCUT2D eigenvalue weighted by Gasteiger charge is -2.31. The molecule has 6 nitrogen and oxygen atoms in total. The Morgan fingerprint density at radius 1 is 1.46 bits per heavy atom. The Kier molecular flexibility index (Phi) is 4.52. The number of piperidine rings is 1. The first-order valence-corrected chi connectivity index (χ1v) is 9.98. The lowest BCUT2D eigenvalue weighted by atomic mass is 10.00. The summed E-state index contributed by atoms with van der Waals surface area (Å²) in [7, 11) is -3.12. The van der Waals surface area contributed by atoms with E-state index in [4.69, 9.17) is 11.6 Å². The van der Waals surface area contributed by atoms with Crippen LogP contribution in [0.5, 0.6) is 0 Å². The molecular weight excluding hydrogens is 357 g/mol. The lowest BCUT2D eigenvalue weighted by Crippen LogP contribution is -2.42. The molecule has 1 amide bonds. The maximum atomic E-state index is 14.5. The summed E-state index contributed by atoms with van der Waals surface area (Å²) in [5.41, 5.74) is 0.0298. The van der Waals surface area contributed by atoms with Crippen LogP contribution in [-0.2, 0) is 9.84 Å². The van der Waals surface area contributed by atoms with Crippen LogP contribution in [0, 0.1) is 11.9 Å². The topological polar surface area (TPSA) is 71.8 Å². The molecule has 130 valence electrons. The third kappa shape index (κ3) is 3.54. The van der Waals surface area contributed by atoms with E-state index in [2.05, 4.69) is 4.98 Å². The van der Waals surface area contributed by atoms with E-state index in [1.807, 2.05) is 0 Å². The highest BCUT2D eigenvalue weighted by atomic mass is 35.5. The van der Waals surface area contributed by atoms with Gasteiger partial charge in [-0.05, 0) is 30.9 Å². The number of carbonyl (C=O) groups excluding carboxylic acids is 1. The van der Waals surface area contributed by atoms with Crippen molar-refractivity contribution in [3.63, 3.8) is 0 Å². The van der Waals surface area contributed by atoms with Gasteiger partial charge >= 0.3 is 0 Å². The monoisotopic (exact) mass is 373 g/mol. The van der Waals surface area contributed by atoms with Crippen molar-refractivity contribution in [3.05, 3.63) is 35.0 Å². The summed E-state index contributed by atoms with van der Waals surface area (Å²) in [6.07, 6.45) is 3.96. The summed E-state index contributed by atoms with van der Waals surface area (Å²) in [6.45, 7) is 0.757. The maximum Gasteiger partial charge on any atom is 0.277 e. The third-order valence-electron chi connectivity index (χ3n) is 4.07. The van der Waals surface area contributed by atoms with Crippen LogP contribution >= 0.6 is 11.6 Å². The number of pyridine rings is 1. The van der Waals surface area contributed by atoms with Crippen LogP contribution in [0.1, 0.15) is 23.3 Å². The van der Waals surface area contributed by atoms with E-state index >= 15 is 0 Å². The van der Waals surface area contributed by atoms with E-state index in [1.54, 1.807) is 6.07 Å². The molecule has 0 bridgehead atoms. The van der Waals surface area contributed by atoms with Gasteiger partial charge in [0, 0.05) is 25.5 Å². The molecule has 1 atom stereocenters. The van der Waals surface area contributed by atoms with Crippen LogP contribution in [0.3, 0.4) is 0 Å². The van der Waals surface area contributed by atoms with Gasteiger partial charge in [-0.3, -0.25) is 9.20 Å². The van der Waals surface area contributed by atoms with Crippen molar-refractivity contribution < 1.29 is 17.6 Å². The fourth-order valence-corrected chi connectivity index (χ4v) is 4.38. The first-order chi connectivity index (χ1) is 11.2. The zero-order valence-electron chi connectivity index (χ0n) is 13.1. The number of rotatable bonds is 3. The van der Waals surface area contributed by atoms with Crippen LogP contribution in [0.25, 0.3) is 5.65 Å². The molecule has 0 spiro atoms. The minimum absolute atomic E-state index is 0.0278. The summed E-state index contributed by atoms with van der Waals surface area (Å²) in [5.74, 6) is -1.39. The van der Waals surface area contributed by atoms with Crippen LogP contribution in [0.2, 0.25) is 5.02 Å². The van der Waals surface area contributed by atoms with Gasteiger partial charge in [0.15, 0.2) is 5.69 Å². The molecule has 1 saturated heterocycles. The van der Waals surface area contributed by atoms with Crippen molar-refractivity contribution in [2.75, 3.05) is 25.1 Å². The SMILES string of the molecule is CS(=O)(=O)C[C@H]1CCCN(C(=O)c2nc3ccc(Cl)cn3c2F)C1. The molecule has 1 aliphatic rings. The first-order valence-electron chi connectivity index (χ1n) is 7.55. The molecule has 3 heterocycles. The van der Waals surface area contributed by atoms with Gasteiger partial charge in [0.05, 0.1) is 10.8 Å². The van der Waals surface area contributed by atoms with E-state index in [0.29, 0.717) is 30.2 Å². The Morgan fingerprint density at radius 3 is 2.92 bits per heavy atom. The highest BCUT2D eigenvalue weighted by Gasteiger charge is 2.30. The quantitative estimate of drug-likeness (QED) is 0.825. The van der Waals surface area contributed by atoms with Crippen LogP contribution in [0.4, 0.5) is 4.39 Å². The number of nitrogens with zero attached hydrogens (tertiary/aromatic N) is 3. The molecule has 1 fully saturated rings. The Labute approximate surface area is 144 Å². The van der Waals surface area contributed by atoms with E-state index in [-0.39, 0.29) is 17.4 Å². The zero-order valence-corrected chi connectivity index (χ0v) is 14.6. The second-order valence-electron chi connectivity index (χ2n) is 6.18. The van der Waals surface area contributed by atoms with Gasteiger partial charge in [-0.2, -0.15) is 4.39 Å². The smallest absolute Gasteiger partial charge is 0.277 e. The van der Waals surface area contributed by atoms with Crippen LogP contribution in [-0.4, -0.2) is 53.7 Å². The molecule has 0 radical (unpaired) electrons. The van der Waals surface area contributed by atoms with Gasteiger partial charge in [0.25, 0.3) is 5.91 Å². The summed E-state index contributed by atoms with van der Waals surface area (Å²) in [4.78, 5) is 18.1. The molecule has 1 aliphatic heterocycles. The molecule has 0 aliphatic carbocycles. The predicted molar refractivity (Wildman–Crippen MR) is 88.5 cm³/mol. The zero-order chi connectivity index (χ0) is 17.5. The number of aromatic nitrogens is 2. The van der Waals surface area contributed by atoms with Crippen molar-refractivity contribution in [3.8, 4) is 0 Å². The normalized spacial score (nSPS) is 19.0. The first kappa shape index (κ1) is 17.2. The largest absolute Gasteiger partial charge is 0.337 e. The highest BCUT2D eigenvalue weighted by molar-refractivity contribution is 7.90. The highest BCUT2D eigenvalue weighted by Crippen LogP contribution is 2.22. The summed E-state index contributed by atoms with van der Waals surface area (Å²) < 4.78 is 38.5. The van der Waals surface area contributed by atoms with Gasteiger partial charge in [-0.1, -0.05) is 11.6 Å². The van der Waals surface area contributed by atoms with Gasteiger partial charge < -0.3 is 4.90 Å². The number of hydrogen-bond acceptors (Lipinski definition) is 4. The molecule has 0 aromatic carbocycles. The van der Waals surface area contributed by atoms with Gasteiger partial charge in [-0.25, -0.2) is 13.4 Å². The molecule has 2 aromatic rings. The van der Waals surface area contributed by atoms with E-state index in [0.717, 1.165) is 10.8 Å². The average Bonchev–Trinajstić information content (AvgIpc) is 2.82. The number of carbonyl (C=O) groups is 1. The molecule has 3 rings (SSSR count). The van der Waals surface area contributed by atoms with E-state index in [9.17, 15) is 17.6 Å². The summed E-state index contributed by atoms with van der Waals surface area (Å²) in [5, 5.41) is 0.337. The third-order valence-corrected chi connectivity index (χ3v) is 5.37. The molecule has 9 heteroatoms. The van der Waals surface area contributed by atoms with Gasteiger partial charge in [-0.15, -0.1) is 0 Å². The predicted octanol–water partition coefficient (Wildman–Crippen LogP) is 2.02. The van der Waals surface area contributed by atoms with Crippen LogP contribution < -0.4 is 0 Å². The molecule has 2 aromatic heterocycles. The fourth-order valence-electron chi connectivity index (χ4n) is 3.09. The van der Waals surface area contributed by atoms with Crippen molar-refractivity contribution in [1.82, 2.24) is 14.3 Å². The number of halogens is 2. The Balaban J connectivity index is 1.85. The van der Waals surface area contributed by atoms with Crippen LogP contribution in [0.15, 0.2) is 18.3 Å². The fraction of sp³-hybridized carbons (Fsp3) is 0.467. The van der Waals surface area contributed by atoms with Crippen molar-refractivity contribution in [2.24, 2.45) is 5.92 Å². The summed E-state index contributed by atoms with van der Waals surface area (Å²) >= 11 is 5.84. The van der Waals surface area contributed by atoms with E-state index < -0.39 is 21.7 Å². The second kappa shape index (κ2) is 6.33. The van der Waals surface area contributed by atoms with Gasteiger partial charge in [0.2, 0.25) is 5.95 Å². The Morgan fingerprint density at radius 2 is 2.21 bits per heavy atom. The number of likely N-dealkylation sites (tertiary alicyclic amines) is 1. The summed E-state index contributed by atoms with van der Waals surface area (Å²) in [6, 6.07) is 3.10.